The number of hydrogen-bond acceptors (Lipinski definition) is 4. The largest absolute Gasteiger partial charge is 0.465 e. The van der Waals surface area contributed by atoms with Crippen molar-refractivity contribution in [1.82, 2.24) is 5.09 Å². The lowest BCUT2D eigenvalue weighted by molar-refractivity contribution is -0.144. The van der Waals surface area contributed by atoms with Crippen LogP contribution in [-0.4, -0.2) is 21.8 Å². The fourth-order valence-corrected chi connectivity index (χ4v) is 3.82. The number of carbonyl (C=O) groups excluding carboxylic acids is 1. The molecule has 0 spiro atoms. The molecule has 118 valence electrons. The molecule has 21 heavy (non-hydrogen) atoms. The summed E-state index contributed by atoms with van der Waals surface area (Å²) in [6, 6.07) is 8.19. The van der Waals surface area contributed by atoms with Crippen LogP contribution >= 0.6 is 30.1 Å². The average molecular weight is 425 g/mol. The molecule has 1 N–H and O–H groups in total. The molecule has 0 aromatic heterocycles. The van der Waals surface area contributed by atoms with Gasteiger partial charge in [-0.15, -0.1) is 0 Å². The maximum absolute atomic E-state index is 13.2. The van der Waals surface area contributed by atoms with Crippen LogP contribution in [0.25, 0.3) is 0 Å². The average Bonchev–Trinajstić information content (AvgIpc) is 2.38. The number of nitrogens with one attached hydrogen (secondary N) is 1. The summed E-state index contributed by atoms with van der Waals surface area (Å²) in [6.07, 6.45) is 0. The van der Waals surface area contributed by atoms with E-state index in [1.165, 1.54) is 0 Å². The van der Waals surface area contributed by atoms with E-state index in [4.69, 9.17) is 9.26 Å². The van der Waals surface area contributed by atoms with E-state index in [2.05, 4.69) is 27.7 Å². The molecule has 0 saturated carbocycles. The van der Waals surface area contributed by atoms with Gasteiger partial charge in [0.05, 0.1) is 6.61 Å². The molecule has 1 rings (SSSR count). The third-order valence-corrected chi connectivity index (χ3v) is 7.18. The molecule has 0 radical (unpaired) electrons. The summed E-state index contributed by atoms with van der Waals surface area (Å²) >= 11 is 2.06. The summed E-state index contributed by atoms with van der Waals surface area (Å²) in [6.45, 7) is 7.21. The molecule has 2 atom stereocenters. The normalized spacial score (nSPS) is 15.9. The van der Waals surface area contributed by atoms with E-state index in [9.17, 15) is 9.36 Å². The highest BCUT2D eigenvalue weighted by Crippen LogP contribution is 2.58. The van der Waals surface area contributed by atoms with Gasteiger partial charge in [-0.1, -0.05) is 40.8 Å². The standard InChI is InChI=1S/C14H21INO4P/c1-5-19-13(17)11(2)16-21(18,14(3,4)15)20-12-9-7-6-8-10-12/h6-11H,5H2,1-4H3,(H,16,18)/t11-,21?/m0/s1. The van der Waals surface area contributed by atoms with E-state index in [0.29, 0.717) is 5.75 Å². The van der Waals surface area contributed by atoms with Crippen LogP contribution in [0.2, 0.25) is 0 Å². The number of benzene rings is 1. The Bertz CT molecular complexity index is 515. The maximum atomic E-state index is 13.2. The molecule has 0 saturated heterocycles. The molecule has 0 aliphatic heterocycles. The van der Waals surface area contributed by atoms with Crippen LogP contribution in [0.15, 0.2) is 30.3 Å². The van der Waals surface area contributed by atoms with E-state index >= 15 is 0 Å². The van der Waals surface area contributed by atoms with Crippen molar-refractivity contribution in [2.45, 2.75) is 36.9 Å². The highest BCUT2D eigenvalue weighted by atomic mass is 127. The van der Waals surface area contributed by atoms with Crippen molar-refractivity contribution < 1.29 is 18.6 Å². The van der Waals surface area contributed by atoms with Crippen molar-refractivity contribution in [3.63, 3.8) is 0 Å². The van der Waals surface area contributed by atoms with Gasteiger partial charge in [0, 0.05) is 0 Å². The number of ether oxygens (including phenoxy) is 1. The van der Waals surface area contributed by atoms with Gasteiger partial charge in [0.2, 0.25) is 0 Å². The number of carbonyl (C=O) groups is 1. The molecule has 1 aromatic rings. The van der Waals surface area contributed by atoms with E-state index in [1.54, 1.807) is 52.0 Å². The van der Waals surface area contributed by atoms with Crippen LogP contribution in [0.5, 0.6) is 5.75 Å². The monoisotopic (exact) mass is 425 g/mol. The lowest BCUT2D eigenvalue weighted by atomic mass is 10.3. The minimum atomic E-state index is -3.32. The number of hydrogen-bond donors (Lipinski definition) is 1. The van der Waals surface area contributed by atoms with Crippen LogP contribution in [0.1, 0.15) is 27.7 Å². The summed E-state index contributed by atoms with van der Waals surface area (Å²) in [5.74, 6) is 0.0455. The number of rotatable bonds is 7. The highest BCUT2D eigenvalue weighted by molar-refractivity contribution is 14.1. The summed E-state index contributed by atoms with van der Waals surface area (Å²) < 4.78 is 23.1. The number of para-hydroxylation sites is 1. The molecule has 0 fully saturated rings. The van der Waals surface area contributed by atoms with Crippen molar-refractivity contribution in [3.05, 3.63) is 30.3 Å². The van der Waals surface area contributed by atoms with Gasteiger partial charge in [-0.25, -0.2) is 5.09 Å². The lowest BCUT2D eigenvalue weighted by Crippen LogP contribution is -2.38. The van der Waals surface area contributed by atoms with Gasteiger partial charge in [0.15, 0.2) is 0 Å². The Morgan fingerprint density at radius 3 is 2.43 bits per heavy atom. The predicted molar refractivity (Wildman–Crippen MR) is 92.0 cm³/mol. The smallest absolute Gasteiger partial charge is 0.332 e. The fraction of sp³-hybridized carbons (Fsp3) is 0.500. The zero-order valence-corrected chi connectivity index (χ0v) is 15.7. The van der Waals surface area contributed by atoms with Crippen LogP contribution < -0.4 is 9.61 Å². The number of esters is 1. The quantitative estimate of drug-likeness (QED) is 0.310. The van der Waals surface area contributed by atoms with E-state index < -0.39 is 22.7 Å². The third-order valence-electron chi connectivity index (χ3n) is 2.68. The number of halogens is 1. The van der Waals surface area contributed by atoms with Gasteiger partial charge in [0.1, 0.15) is 15.0 Å². The predicted octanol–water partition coefficient (Wildman–Crippen LogP) is 3.97. The molecule has 7 heteroatoms. The van der Waals surface area contributed by atoms with Gasteiger partial charge in [-0.2, -0.15) is 0 Å². The summed E-state index contributed by atoms with van der Waals surface area (Å²) in [4.78, 5) is 11.7. The van der Waals surface area contributed by atoms with E-state index in [1.807, 2.05) is 6.07 Å². The molecule has 1 unspecified atom stereocenters. The van der Waals surface area contributed by atoms with Crippen LogP contribution in [0.3, 0.4) is 0 Å². The van der Waals surface area contributed by atoms with Gasteiger partial charge in [0.25, 0.3) is 0 Å². The number of alkyl halides is 1. The van der Waals surface area contributed by atoms with Gasteiger partial charge in [-0.05, 0) is 39.8 Å². The van der Waals surface area contributed by atoms with Crippen LogP contribution in [0.4, 0.5) is 0 Å². The molecule has 0 amide bonds. The van der Waals surface area contributed by atoms with E-state index in [-0.39, 0.29) is 6.61 Å². The molecule has 5 nitrogen and oxygen atoms in total. The first-order valence-electron chi connectivity index (χ1n) is 6.67. The molecule has 0 aliphatic rings. The van der Waals surface area contributed by atoms with Crippen molar-refractivity contribution in [2.75, 3.05) is 6.61 Å². The zero-order valence-electron chi connectivity index (χ0n) is 12.6. The van der Waals surface area contributed by atoms with Crippen molar-refractivity contribution >= 4 is 36.1 Å². The molecular weight excluding hydrogens is 404 g/mol. The van der Waals surface area contributed by atoms with Crippen LogP contribution in [-0.2, 0) is 14.1 Å². The second-order valence-corrected chi connectivity index (χ2v) is 11.2. The third kappa shape index (κ3) is 5.27. The zero-order chi connectivity index (χ0) is 16.1. The van der Waals surface area contributed by atoms with Gasteiger partial charge >= 0.3 is 13.5 Å². The van der Waals surface area contributed by atoms with Gasteiger partial charge in [-0.3, -0.25) is 9.36 Å². The van der Waals surface area contributed by atoms with E-state index in [0.717, 1.165) is 0 Å². The summed E-state index contributed by atoms with van der Waals surface area (Å²) in [5.41, 5.74) is 0. The lowest BCUT2D eigenvalue weighted by Gasteiger charge is -2.31. The first-order valence-corrected chi connectivity index (χ1v) is 9.38. The minimum Gasteiger partial charge on any atom is -0.465 e. The Morgan fingerprint density at radius 2 is 1.95 bits per heavy atom. The Hall–Kier alpha value is -0.590. The minimum absolute atomic E-state index is 0.280. The molecular formula is C14H21INO4P. The molecule has 0 aliphatic carbocycles. The SMILES string of the molecule is CCOC(=O)[C@H](C)NP(=O)(Oc1ccccc1)C(C)(C)I. The second-order valence-electron chi connectivity index (χ2n) is 4.97. The Labute approximate surface area is 139 Å². The Morgan fingerprint density at radius 1 is 1.38 bits per heavy atom. The Balaban J connectivity index is 2.95. The fourth-order valence-electron chi connectivity index (χ4n) is 1.49. The first-order chi connectivity index (χ1) is 9.69. The molecule has 0 bridgehead atoms. The Kier molecular flexibility index (Phi) is 6.69. The summed E-state index contributed by atoms with van der Waals surface area (Å²) in [7, 11) is -3.32. The first kappa shape index (κ1) is 18.5. The van der Waals surface area contributed by atoms with Crippen molar-refractivity contribution in [1.29, 1.82) is 0 Å². The molecule has 0 heterocycles. The van der Waals surface area contributed by atoms with Crippen molar-refractivity contribution in [2.24, 2.45) is 0 Å². The topological polar surface area (TPSA) is 64.6 Å². The summed E-state index contributed by atoms with van der Waals surface area (Å²) in [5, 5.41) is 2.82. The second kappa shape index (κ2) is 7.61. The van der Waals surface area contributed by atoms with Gasteiger partial charge < -0.3 is 9.26 Å². The molecule has 1 aromatic carbocycles. The highest BCUT2D eigenvalue weighted by Gasteiger charge is 2.43. The van der Waals surface area contributed by atoms with Crippen molar-refractivity contribution in [3.8, 4) is 5.75 Å². The van der Waals surface area contributed by atoms with Crippen LogP contribution in [0, 0.1) is 0 Å². The maximum Gasteiger partial charge on any atom is 0.332 e.